The standard InChI is InChI=1S/C13H17N3/c1-10-8-12(13(2,3)4)15-16(10)11-6-5-7-14-9-11/h5-9H,1-4H3. The lowest BCUT2D eigenvalue weighted by molar-refractivity contribution is 0.560. The summed E-state index contributed by atoms with van der Waals surface area (Å²) in [5.41, 5.74) is 3.33. The Labute approximate surface area is 96.1 Å². The lowest BCUT2D eigenvalue weighted by Gasteiger charge is -2.14. The van der Waals surface area contributed by atoms with Crippen molar-refractivity contribution >= 4 is 0 Å². The van der Waals surface area contributed by atoms with Crippen LogP contribution in [0.1, 0.15) is 32.2 Å². The zero-order valence-corrected chi connectivity index (χ0v) is 10.2. The van der Waals surface area contributed by atoms with E-state index in [-0.39, 0.29) is 5.41 Å². The van der Waals surface area contributed by atoms with E-state index in [1.165, 1.54) is 0 Å². The Morgan fingerprint density at radius 2 is 2.00 bits per heavy atom. The Morgan fingerprint density at radius 3 is 2.50 bits per heavy atom. The fraction of sp³-hybridized carbons (Fsp3) is 0.385. The van der Waals surface area contributed by atoms with Crippen LogP contribution in [0.25, 0.3) is 5.69 Å². The highest BCUT2D eigenvalue weighted by molar-refractivity contribution is 5.31. The summed E-state index contributed by atoms with van der Waals surface area (Å²) in [6.45, 7) is 8.57. The van der Waals surface area contributed by atoms with Gasteiger partial charge in [-0.15, -0.1) is 0 Å². The Balaban J connectivity index is 2.48. The van der Waals surface area contributed by atoms with Gasteiger partial charge in [0.05, 0.1) is 17.6 Å². The third-order valence-corrected chi connectivity index (χ3v) is 2.55. The predicted octanol–water partition coefficient (Wildman–Crippen LogP) is 2.87. The molecule has 0 saturated carbocycles. The molecule has 0 aliphatic rings. The highest BCUT2D eigenvalue weighted by Gasteiger charge is 2.18. The SMILES string of the molecule is Cc1cc(C(C)(C)C)nn1-c1cccnc1. The van der Waals surface area contributed by atoms with Crippen molar-refractivity contribution in [1.29, 1.82) is 0 Å². The summed E-state index contributed by atoms with van der Waals surface area (Å²) in [5.74, 6) is 0. The molecular formula is C13H17N3. The molecule has 0 aromatic carbocycles. The summed E-state index contributed by atoms with van der Waals surface area (Å²) in [5, 5.41) is 4.63. The Kier molecular flexibility index (Phi) is 2.54. The lowest BCUT2D eigenvalue weighted by atomic mass is 9.92. The highest BCUT2D eigenvalue weighted by atomic mass is 15.3. The van der Waals surface area contributed by atoms with Crippen molar-refractivity contribution in [2.45, 2.75) is 33.1 Å². The molecular weight excluding hydrogens is 198 g/mol. The zero-order chi connectivity index (χ0) is 11.8. The van der Waals surface area contributed by atoms with Crippen molar-refractivity contribution in [3.8, 4) is 5.69 Å². The minimum atomic E-state index is 0.0816. The Hall–Kier alpha value is -1.64. The molecule has 0 N–H and O–H groups in total. The molecule has 2 rings (SSSR count). The number of hydrogen-bond acceptors (Lipinski definition) is 2. The van der Waals surface area contributed by atoms with Gasteiger partial charge in [-0.3, -0.25) is 4.98 Å². The number of nitrogens with zero attached hydrogens (tertiary/aromatic N) is 3. The topological polar surface area (TPSA) is 30.7 Å². The van der Waals surface area contributed by atoms with Crippen molar-refractivity contribution in [2.75, 3.05) is 0 Å². The molecule has 0 atom stereocenters. The van der Waals surface area contributed by atoms with Gasteiger partial charge in [0.25, 0.3) is 0 Å². The second-order valence-corrected chi connectivity index (χ2v) is 5.04. The summed E-state index contributed by atoms with van der Waals surface area (Å²) in [6, 6.07) is 6.07. The average Bonchev–Trinajstić information content (AvgIpc) is 2.61. The number of hydrogen-bond donors (Lipinski definition) is 0. The molecule has 2 heterocycles. The third-order valence-electron chi connectivity index (χ3n) is 2.55. The van der Waals surface area contributed by atoms with Gasteiger partial charge in [0.1, 0.15) is 0 Å². The van der Waals surface area contributed by atoms with Crippen LogP contribution < -0.4 is 0 Å². The molecule has 0 radical (unpaired) electrons. The van der Waals surface area contributed by atoms with Crippen LogP contribution >= 0.6 is 0 Å². The normalized spacial score (nSPS) is 11.8. The maximum atomic E-state index is 4.63. The van der Waals surface area contributed by atoms with Gasteiger partial charge < -0.3 is 0 Å². The van der Waals surface area contributed by atoms with Crippen molar-refractivity contribution in [3.05, 3.63) is 42.0 Å². The first-order valence-corrected chi connectivity index (χ1v) is 5.46. The number of aryl methyl sites for hydroxylation is 1. The van der Waals surface area contributed by atoms with E-state index in [1.807, 2.05) is 23.0 Å². The van der Waals surface area contributed by atoms with Crippen molar-refractivity contribution in [3.63, 3.8) is 0 Å². The number of rotatable bonds is 1. The van der Waals surface area contributed by atoms with E-state index >= 15 is 0 Å². The minimum Gasteiger partial charge on any atom is -0.262 e. The highest BCUT2D eigenvalue weighted by Crippen LogP contribution is 2.22. The maximum Gasteiger partial charge on any atom is 0.0831 e. The maximum absolute atomic E-state index is 4.63. The molecule has 2 aromatic rings. The van der Waals surface area contributed by atoms with E-state index < -0.39 is 0 Å². The largest absolute Gasteiger partial charge is 0.262 e. The van der Waals surface area contributed by atoms with Crippen LogP contribution in [-0.4, -0.2) is 14.8 Å². The Morgan fingerprint density at radius 1 is 1.25 bits per heavy atom. The van der Waals surface area contributed by atoms with E-state index in [0.29, 0.717) is 0 Å². The Bertz CT molecular complexity index is 478. The van der Waals surface area contributed by atoms with Gasteiger partial charge in [-0.2, -0.15) is 5.10 Å². The molecule has 0 bridgehead atoms. The first-order chi connectivity index (χ1) is 7.48. The van der Waals surface area contributed by atoms with Crippen LogP contribution in [0.15, 0.2) is 30.6 Å². The van der Waals surface area contributed by atoms with Gasteiger partial charge in [0.2, 0.25) is 0 Å². The first kappa shape index (κ1) is 10.9. The molecule has 16 heavy (non-hydrogen) atoms. The quantitative estimate of drug-likeness (QED) is 0.732. The van der Waals surface area contributed by atoms with Crippen LogP contribution in [-0.2, 0) is 5.41 Å². The summed E-state index contributed by atoms with van der Waals surface area (Å²) in [7, 11) is 0. The van der Waals surface area contributed by atoms with E-state index in [4.69, 9.17) is 0 Å². The number of pyridine rings is 1. The zero-order valence-electron chi connectivity index (χ0n) is 10.2. The van der Waals surface area contributed by atoms with Crippen LogP contribution in [0.4, 0.5) is 0 Å². The second-order valence-electron chi connectivity index (χ2n) is 5.04. The van der Waals surface area contributed by atoms with Crippen LogP contribution in [0.3, 0.4) is 0 Å². The molecule has 0 spiro atoms. The van der Waals surface area contributed by atoms with Gasteiger partial charge in [-0.25, -0.2) is 4.68 Å². The monoisotopic (exact) mass is 215 g/mol. The molecule has 3 heteroatoms. The number of aromatic nitrogens is 3. The van der Waals surface area contributed by atoms with Gasteiger partial charge in [0, 0.05) is 17.3 Å². The molecule has 0 fully saturated rings. The minimum absolute atomic E-state index is 0.0816. The molecule has 0 saturated heterocycles. The fourth-order valence-corrected chi connectivity index (χ4v) is 1.58. The molecule has 0 aliphatic carbocycles. The van der Waals surface area contributed by atoms with Crippen LogP contribution in [0, 0.1) is 6.92 Å². The molecule has 2 aromatic heterocycles. The van der Waals surface area contributed by atoms with Gasteiger partial charge in [-0.1, -0.05) is 20.8 Å². The smallest absolute Gasteiger partial charge is 0.0831 e. The van der Waals surface area contributed by atoms with Crippen LogP contribution in [0.2, 0.25) is 0 Å². The van der Waals surface area contributed by atoms with Gasteiger partial charge >= 0.3 is 0 Å². The average molecular weight is 215 g/mol. The third kappa shape index (κ3) is 1.98. The molecule has 3 nitrogen and oxygen atoms in total. The molecule has 0 unspecified atom stereocenters. The molecule has 84 valence electrons. The lowest BCUT2D eigenvalue weighted by Crippen LogP contribution is -2.12. The van der Waals surface area contributed by atoms with Gasteiger partial charge in [-0.05, 0) is 25.1 Å². The van der Waals surface area contributed by atoms with E-state index in [2.05, 4.69) is 43.8 Å². The second kappa shape index (κ2) is 3.74. The van der Waals surface area contributed by atoms with E-state index in [9.17, 15) is 0 Å². The van der Waals surface area contributed by atoms with Crippen molar-refractivity contribution < 1.29 is 0 Å². The molecule has 0 amide bonds. The predicted molar refractivity (Wildman–Crippen MR) is 64.8 cm³/mol. The van der Waals surface area contributed by atoms with Crippen molar-refractivity contribution in [2.24, 2.45) is 0 Å². The first-order valence-electron chi connectivity index (χ1n) is 5.46. The summed E-state index contributed by atoms with van der Waals surface area (Å²) in [6.07, 6.45) is 3.60. The van der Waals surface area contributed by atoms with E-state index in [0.717, 1.165) is 17.1 Å². The summed E-state index contributed by atoms with van der Waals surface area (Å²) >= 11 is 0. The molecule has 0 aliphatic heterocycles. The van der Waals surface area contributed by atoms with Crippen LogP contribution in [0.5, 0.6) is 0 Å². The summed E-state index contributed by atoms with van der Waals surface area (Å²) < 4.78 is 1.94. The van der Waals surface area contributed by atoms with E-state index in [1.54, 1.807) is 6.20 Å². The summed E-state index contributed by atoms with van der Waals surface area (Å²) in [4.78, 5) is 4.11. The van der Waals surface area contributed by atoms with Gasteiger partial charge in [0.15, 0.2) is 0 Å². The van der Waals surface area contributed by atoms with Crippen molar-refractivity contribution in [1.82, 2.24) is 14.8 Å². The fourth-order valence-electron chi connectivity index (χ4n) is 1.58.